The van der Waals surface area contributed by atoms with Gasteiger partial charge in [-0.15, -0.1) is 0 Å². The molecule has 6 rings (SSSR count). The topological polar surface area (TPSA) is 131 Å². The van der Waals surface area contributed by atoms with Gasteiger partial charge in [0.2, 0.25) is 0 Å². The van der Waals surface area contributed by atoms with Gasteiger partial charge in [-0.3, -0.25) is 4.79 Å². The number of carboxylic acids is 1. The van der Waals surface area contributed by atoms with E-state index in [-0.39, 0.29) is 5.91 Å². The third-order valence-corrected chi connectivity index (χ3v) is 7.08. The maximum absolute atomic E-state index is 13.1. The number of methoxy groups -OCH3 is 1. The highest BCUT2D eigenvalue weighted by Gasteiger charge is 2.38. The van der Waals surface area contributed by atoms with E-state index in [2.05, 4.69) is 20.6 Å². The lowest BCUT2D eigenvalue weighted by molar-refractivity contribution is -0.192. The lowest BCUT2D eigenvalue weighted by Gasteiger charge is -2.30. The van der Waals surface area contributed by atoms with Gasteiger partial charge in [0, 0.05) is 36.0 Å². The van der Waals surface area contributed by atoms with Crippen molar-refractivity contribution in [2.75, 3.05) is 48.9 Å². The molecular weight excluding hydrogens is 629 g/mol. The average molecular weight is 661 g/mol. The van der Waals surface area contributed by atoms with E-state index in [0.29, 0.717) is 36.0 Å². The van der Waals surface area contributed by atoms with E-state index in [9.17, 15) is 18.0 Å². The molecule has 1 saturated heterocycles. The number of hydrogen-bond acceptors (Lipinski definition) is 8. The summed E-state index contributed by atoms with van der Waals surface area (Å²) in [5.74, 6) is -1.55. The predicted molar refractivity (Wildman–Crippen MR) is 174 cm³/mol. The number of nitrogens with one attached hydrogen (secondary N) is 2. The van der Waals surface area contributed by atoms with Crippen LogP contribution in [-0.4, -0.2) is 71.3 Å². The van der Waals surface area contributed by atoms with Crippen molar-refractivity contribution in [3.8, 4) is 22.7 Å². The molecule has 0 spiro atoms. The van der Waals surface area contributed by atoms with Gasteiger partial charge in [0.15, 0.2) is 0 Å². The van der Waals surface area contributed by atoms with E-state index < -0.39 is 12.1 Å². The smallest absolute Gasteiger partial charge is 0.490 e. The van der Waals surface area contributed by atoms with Gasteiger partial charge in [-0.2, -0.15) is 18.3 Å². The quantitative estimate of drug-likeness (QED) is 0.173. The van der Waals surface area contributed by atoms with Gasteiger partial charge >= 0.3 is 12.1 Å². The summed E-state index contributed by atoms with van der Waals surface area (Å²) in [5.41, 5.74) is 5.64. The molecule has 0 saturated carbocycles. The van der Waals surface area contributed by atoms with Gasteiger partial charge in [-0.25, -0.2) is 14.5 Å². The number of rotatable bonds is 8. The standard InChI is InChI=1S/C32H30N6O3.C2HF3O2/c1-40-30-20-25(13-14-29(30)37-15-17-41-18-16-37)35-32(39)24-9-5-10-27(19-24)38-22-26(21-33-38)34-31-12-6-11-28(36-31)23-7-3-2-4-8-23;3-2(4,5)1(6)7/h2-14,19-22H,15-18H2,1H3,(H,34,36)(H,35,39);(H,6,7). The number of carbonyl (C=O) groups is 2. The van der Waals surface area contributed by atoms with Crippen molar-refractivity contribution in [2.45, 2.75) is 6.18 Å². The van der Waals surface area contributed by atoms with Crippen LogP contribution in [0.1, 0.15) is 10.4 Å². The molecule has 1 fully saturated rings. The molecule has 11 nitrogen and oxygen atoms in total. The van der Waals surface area contributed by atoms with E-state index in [1.165, 1.54) is 0 Å². The third kappa shape index (κ3) is 8.67. The predicted octanol–water partition coefficient (Wildman–Crippen LogP) is 6.41. The average Bonchev–Trinajstić information content (AvgIpc) is 3.57. The Hall–Kier alpha value is -5.89. The molecule has 3 heterocycles. The summed E-state index contributed by atoms with van der Waals surface area (Å²) in [6, 6.07) is 28.9. The molecule has 1 aliphatic heterocycles. The molecule has 3 N–H and O–H groups in total. The molecule has 248 valence electrons. The molecule has 0 atom stereocenters. The van der Waals surface area contributed by atoms with Crippen molar-refractivity contribution < 1.29 is 37.3 Å². The fourth-order valence-corrected chi connectivity index (χ4v) is 4.76. The van der Waals surface area contributed by atoms with Gasteiger partial charge in [0.1, 0.15) is 11.6 Å². The Bertz CT molecular complexity index is 1860. The number of halogens is 3. The van der Waals surface area contributed by atoms with Crippen LogP contribution in [0, 0.1) is 0 Å². The van der Waals surface area contributed by atoms with Gasteiger partial charge < -0.3 is 30.1 Å². The van der Waals surface area contributed by atoms with Crippen molar-refractivity contribution in [2.24, 2.45) is 0 Å². The highest BCUT2D eigenvalue weighted by molar-refractivity contribution is 6.04. The summed E-state index contributed by atoms with van der Waals surface area (Å²) < 4.78 is 44.5. The molecule has 3 aromatic carbocycles. The van der Waals surface area contributed by atoms with Crippen LogP contribution in [0.4, 0.5) is 36.1 Å². The third-order valence-electron chi connectivity index (χ3n) is 7.08. The van der Waals surface area contributed by atoms with Crippen LogP contribution in [0.5, 0.6) is 5.75 Å². The number of benzene rings is 3. The van der Waals surface area contributed by atoms with Crippen LogP contribution in [0.3, 0.4) is 0 Å². The fraction of sp³-hybridized carbons (Fsp3) is 0.176. The van der Waals surface area contributed by atoms with Crippen molar-refractivity contribution in [1.29, 1.82) is 0 Å². The normalized spacial score (nSPS) is 12.8. The SMILES string of the molecule is COc1cc(NC(=O)c2cccc(-n3cc(Nc4cccc(-c5ccccc5)n4)cn3)c2)ccc1N1CCOCC1.O=C(O)C(F)(F)F. The van der Waals surface area contributed by atoms with E-state index in [1.807, 2.05) is 85.1 Å². The van der Waals surface area contributed by atoms with Crippen LogP contribution in [0.2, 0.25) is 0 Å². The van der Waals surface area contributed by atoms with Crippen LogP contribution < -0.4 is 20.3 Å². The van der Waals surface area contributed by atoms with Crippen molar-refractivity contribution in [3.05, 3.63) is 109 Å². The number of aliphatic carboxylic acids is 1. The Balaban J connectivity index is 0.000000582. The summed E-state index contributed by atoms with van der Waals surface area (Å²) in [7, 11) is 1.64. The second kappa shape index (κ2) is 15.1. The molecule has 0 bridgehead atoms. The number of nitrogens with zero attached hydrogens (tertiary/aromatic N) is 4. The lowest BCUT2D eigenvalue weighted by Crippen LogP contribution is -2.36. The largest absolute Gasteiger partial charge is 0.495 e. The number of pyridine rings is 1. The van der Waals surface area contributed by atoms with Crippen LogP contribution >= 0.6 is 0 Å². The molecule has 0 radical (unpaired) electrons. The Morgan fingerprint density at radius 2 is 1.65 bits per heavy atom. The first-order valence-corrected chi connectivity index (χ1v) is 14.7. The lowest BCUT2D eigenvalue weighted by atomic mass is 10.1. The minimum atomic E-state index is -5.08. The minimum Gasteiger partial charge on any atom is -0.495 e. The number of alkyl halides is 3. The first kappa shape index (κ1) is 33.5. The number of carboxylic acid groups (broad SMARTS) is 1. The van der Waals surface area contributed by atoms with Gasteiger partial charge in [0.05, 0.1) is 55.5 Å². The second-order valence-corrected chi connectivity index (χ2v) is 10.4. The summed E-state index contributed by atoms with van der Waals surface area (Å²) in [6.07, 6.45) is -1.49. The highest BCUT2D eigenvalue weighted by atomic mass is 19.4. The van der Waals surface area contributed by atoms with Gasteiger partial charge in [0.25, 0.3) is 5.91 Å². The number of anilines is 4. The first-order valence-electron chi connectivity index (χ1n) is 14.7. The first-order chi connectivity index (χ1) is 23.1. The van der Waals surface area contributed by atoms with E-state index in [4.69, 9.17) is 24.4 Å². The molecule has 0 unspecified atom stereocenters. The Morgan fingerprint density at radius 1 is 0.917 bits per heavy atom. The molecule has 1 amide bonds. The minimum absolute atomic E-state index is 0.222. The van der Waals surface area contributed by atoms with Crippen LogP contribution in [0.25, 0.3) is 16.9 Å². The summed E-state index contributed by atoms with van der Waals surface area (Å²) in [4.78, 5) is 29.0. The van der Waals surface area contributed by atoms with Gasteiger partial charge in [-0.05, 0) is 42.5 Å². The van der Waals surface area contributed by atoms with Crippen LogP contribution in [-0.2, 0) is 9.53 Å². The summed E-state index contributed by atoms with van der Waals surface area (Å²) >= 11 is 0. The molecule has 48 heavy (non-hydrogen) atoms. The van der Waals surface area contributed by atoms with E-state index >= 15 is 0 Å². The maximum atomic E-state index is 13.1. The number of morpholine rings is 1. The zero-order valence-electron chi connectivity index (χ0n) is 25.6. The number of aromatic nitrogens is 3. The maximum Gasteiger partial charge on any atom is 0.490 e. The number of carbonyl (C=O) groups excluding carboxylic acids is 1. The fourth-order valence-electron chi connectivity index (χ4n) is 4.76. The molecule has 14 heteroatoms. The Labute approximate surface area is 273 Å². The van der Waals surface area contributed by atoms with E-state index in [1.54, 1.807) is 30.1 Å². The molecule has 1 aliphatic rings. The molecule has 2 aromatic heterocycles. The number of hydrogen-bond donors (Lipinski definition) is 3. The number of ether oxygens (including phenoxy) is 2. The summed E-state index contributed by atoms with van der Waals surface area (Å²) in [6.45, 7) is 2.97. The van der Waals surface area contributed by atoms with Crippen molar-refractivity contribution >= 4 is 34.8 Å². The van der Waals surface area contributed by atoms with Crippen molar-refractivity contribution in [3.63, 3.8) is 0 Å². The van der Waals surface area contributed by atoms with Gasteiger partial charge in [-0.1, -0.05) is 42.5 Å². The monoisotopic (exact) mass is 660 g/mol. The van der Waals surface area contributed by atoms with Crippen LogP contribution in [0.15, 0.2) is 103 Å². The zero-order chi connectivity index (χ0) is 34.1. The second-order valence-electron chi connectivity index (χ2n) is 10.4. The van der Waals surface area contributed by atoms with E-state index in [0.717, 1.165) is 41.4 Å². The summed E-state index contributed by atoms with van der Waals surface area (Å²) in [5, 5.41) is 17.9. The Morgan fingerprint density at radius 3 is 2.35 bits per heavy atom. The van der Waals surface area contributed by atoms with Crippen molar-refractivity contribution in [1.82, 2.24) is 14.8 Å². The Kier molecular flexibility index (Phi) is 10.6. The molecule has 5 aromatic rings. The molecular formula is C34H31F3N6O5. The zero-order valence-corrected chi connectivity index (χ0v) is 25.6. The number of amides is 1. The molecule has 0 aliphatic carbocycles. The highest BCUT2D eigenvalue weighted by Crippen LogP contribution is 2.32.